The molecule has 2 rings (SSSR count). The third-order valence-electron chi connectivity index (χ3n) is 6.73. The summed E-state index contributed by atoms with van der Waals surface area (Å²) in [5, 5.41) is 5.77. The van der Waals surface area contributed by atoms with E-state index in [1.807, 2.05) is 20.8 Å². The van der Waals surface area contributed by atoms with Crippen LogP contribution in [0.3, 0.4) is 0 Å². The molecule has 7 heteroatoms. The summed E-state index contributed by atoms with van der Waals surface area (Å²) >= 11 is 0. The Labute approximate surface area is 162 Å². The zero-order valence-electron chi connectivity index (χ0n) is 17.6. The molecule has 1 aliphatic carbocycles. The second kappa shape index (κ2) is 7.41. The Kier molecular flexibility index (Phi) is 5.95. The topological polar surface area (TPSA) is 105 Å². The van der Waals surface area contributed by atoms with Crippen molar-refractivity contribution in [2.75, 3.05) is 13.1 Å². The average molecular weight is 381 g/mol. The van der Waals surface area contributed by atoms with Crippen molar-refractivity contribution >= 4 is 17.8 Å². The van der Waals surface area contributed by atoms with E-state index in [0.29, 0.717) is 18.8 Å². The number of nitrogens with one attached hydrogen (secondary N) is 2. The average Bonchev–Trinajstić information content (AvgIpc) is 2.78. The Morgan fingerprint density at radius 1 is 1.26 bits per heavy atom. The maximum absolute atomic E-state index is 13.0. The molecule has 1 saturated carbocycles. The Hall–Kier alpha value is -1.63. The summed E-state index contributed by atoms with van der Waals surface area (Å²) in [7, 11) is 0. The van der Waals surface area contributed by atoms with Gasteiger partial charge < -0.3 is 16.4 Å². The molecule has 1 saturated heterocycles. The molecule has 154 valence electrons. The molecular formula is C20H36N4O3. The SMILES string of the molecule is CC(C)C(C)(CN)NC(=O)CN1C(=O)NC2(CCC(C(C)(C)C)CC2)C1=O. The van der Waals surface area contributed by atoms with Crippen molar-refractivity contribution in [3.05, 3.63) is 0 Å². The van der Waals surface area contributed by atoms with Gasteiger partial charge in [-0.3, -0.25) is 14.5 Å². The number of rotatable bonds is 5. The lowest BCUT2D eigenvalue weighted by molar-refractivity contribution is -0.137. The fourth-order valence-electron chi connectivity index (χ4n) is 4.07. The standard InChI is InChI=1S/C20H36N4O3/c1-13(2)19(6,12-21)22-15(25)11-24-16(26)20(23-17(24)27)9-7-14(8-10-20)18(3,4)5/h13-14H,7-12,21H2,1-6H3,(H,22,25)(H,23,27). The van der Waals surface area contributed by atoms with Gasteiger partial charge in [-0.1, -0.05) is 34.6 Å². The summed E-state index contributed by atoms with van der Waals surface area (Å²) in [6.45, 7) is 12.5. The van der Waals surface area contributed by atoms with Crippen molar-refractivity contribution in [1.29, 1.82) is 0 Å². The second-order valence-corrected chi connectivity index (χ2v) is 9.87. The van der Waals surface area contributed by atoms with E-state index in [0.717, 1.165) is 17.7 Å². The van der Waals surface area contributed by atoms with E-state index >= 15 is 0 Å². The third-order valence-corrected chi connectivity index (χ3v) is 6.73. The summed E-state index contributed by atoms with van der Waals surface area (Å²) in [6, 6.07) is -0.469. The van der Waals surface area contributed by atoms with Crippen LogP contribution in [0.15, 0.2) is 0 Å². The summed E-state index contributed by atoms with van der Waals surface area (Å²) in [5.41, 5.74) is 4.59. The van der Waals surface area contributed by atoms with Crippen LogP contribution in [0.4, 0.5) is 4.79 Å². The van der Waals surface area contributed by atoms with Gasteiger partial charge in [0.2, 0.25) is 5.91 Å². The van der Waals surface area contributed by atoms with Gasteiger partial charge in [-0.25, -0.2) is 4.79 Å². The first-order valence-corrected chi connectivity index (χ1v) is 10.00. The number of nitrogens with zero attached hydrogens (tertiary/aromatic N) is 1. The maximum atomic E-state index is 13.0. The van der Waals surface area contributed by atoms with Crippen molar-refractivity contribution in [1.82, 2.24) is 15.5 Å². The molecule has 0 aromatic rings. The van der Waals surface area contributed by atoms with E-state index in [-0.39, 0.29) is 36.2 Å². The summed E-state index contributed by atoms with van der Waals surface area (Å²) in [5.74, 6) is 0.0321. The number of carbonyl (C=O) groups excluding carboxylic acids is 3. The first-order valence-electron chi connectivity index (χ1n) is 10.00. The van der Waals surface area contributed by atoms with Crippen LogP contribution in [0.1, 0.15) is 67.2 Å². The van der Waals surface area contributed by atoms with Crippen LogP contribution >= 0.6 is 0 Å². The highest BCUT2D eigenvalue weighted by molar-refractivity contribution is 6.09. The fraction of sp³-hybridized carbons (Fsp3) is 0.850. The molecule has 7 nitrogen and oxygen atoms in total. The summed E-state index contributed by atoms with van der Waals surface area (Å²) < 4.78 is 0. The van der Waals surface area contributed by atoms with E-state index in [1.54, 1.807) is 0 Å². The van der Waals surface area contributed by atoms with Crippen LogP contribution < -0.4 is 16.4 Å². The molecule has 4 N–H and O–H groups in total. The molecular weight excluding hydrogens is 344 g/mol. The minimum Gasteiger partial charge on any atom is -0.348 e. The molecule has 1 unspecified atom stereocenters. The quantitative estimate of drug-likeness (QED) is 0.635. The Morgan fingerprint density at radius 2 is 1.81 bits per heavy atom. The molecule has 4 amide bonds. The zero-order valence-corrected chi connectivity index (χ0v) is 17.6. The number of hydrogen-bond acceptors (Lipinski definition) is 4. The van der Waals surface area contributed by atoms with Gasteiger partial charge in [-0.05, 0) is 49.9 Å². The molecule has 0 aromatic heterocycles. The Morgan fingerprint density at radius 3 is 2.26 bits per heavy atom. The highest BCUT2D eigenvalue weighted by Gasteiger charge is 2.53. The number of amides is 4. The van der Waals surface area contributed by atoms with Crippen molar-refractivity contribution in [3.8, 4) is 0 Å². The lowest BCUT2D eigenvalue weighted by atomic mass is 9.67. The van der Waals surface area contributed by atoms with Crippen LogP contribution in [-0.2, 0) is 9.59 Å². The molecule has 1 spiro atoms. The van der Waals surface area contributed by atoms with Crippen molar-refractivity contribution in [3.63, 3.8) is 0 Å². The largest absolute Gasteiger partial charge is 0.348 e. The van der Waals surface area contributed by atoms with Gasteiger partial charge in [0.15, 0.2) is 0 Å². The van der Waals surface area contributed by atoms with Crippen LogP contribution in [-0.4, -0.2) is 46.9 Å². The first-order chi connectivity index (χ1) is 12.3. The summed E-state index contributed by atoms with van der Waals surface area (Å²) in [6.07, 6.45) is 3.05. The molecule has 1 heterocycles. The van der Waals surface area contributed by atoms with E-state index in [9.17, 15) is 14.4 Å². The van der Waals surface area contributed by atoms with Gasteiger partial charge in [0.1, 0.15) is 12.1 Å². The number of urea groups is 1. The smallest absolute Gasteiger partial charge is 0.325 e. The summed E-state index contributed by atoms with van der Waals surface area (Å²) in [4.78, 5) is 39.0. The molecule has 2 fully saturated rings. The van der Waals surface area contributed by atoms with Crippen LogP contribution in [0.2, 0.25) is 0 Å². The normalized spacial score (nSPS) is 28.4. The number of hydrogen-bond donors (Lipinski definition) is 3. The van der Waals surface area contributed by atoms with E-state index in [1.165, 1.54) is 0 Å². The van der Waals surface area contributed by atoms with Gasteiger partial charge in [0.25, 0.3) is 5.91 Å². The Balaban J connectivity index is 2.04. The fourth-order valence-corrected chi connectivity index (χ4v) is 4.07. The van der Waals surface area contributed by atoms with E-state index in [2.05, 4.69) is 31.4 Å². The molecule has 0 aromatic carbocycles. The maximum Gasteiger partial charge on any atom is 0.325 e. The molecule has 1 atom stereocenters. The third kappa shape index (κ3) is 4.28. The molecule has 27 heavy (non-hydrogen) atoms. The lowest BCUT2D eigenvalue weighted by Gasteiger charge is -2.40. The molecule has 0 bridgehead atoms. The molecule has 2 aliphatic rings. The number of nitrogens with two attached hydrogens (primary N) is 1. The van der Waals surface area contributed by atoms with Gasteiger partial charge in [-0.15, -0.1) is 0 Å². The number of imide groups is 1. The second-order valence-electron chi connectivity index (χ2n) is 9.87. The Bertz CT molecular complexity index is 603. The van der Waals surface area contributed by atoms with Gasteiger partial charge in [0.05, 0.1) is 5.54 Å². The predicted molar refractivity (Wildman–Crippen MR) is 105 cm³/mol. The van der Waals surface area contributed by atoms with Crippen molar-refractivity contribution < 1.29 is 14.4 Å². The van der Waals surface area contributed by atoms with Crippen LogP contribution in [0, 0.1) is 17.3 Å². The van der Waals surface area contributed by atoms with Crippen molar-refractivity contribution in [2.45, 2.75) is 78.3 Å². The van der Waals surface area contributed by atoms with Gasteiger partial charge in [0, 0.05) is 6.54 Å². The minimum atomic E-state index is -0.839. The monoisotopic (exact) mass is 380 g/mol. The van der Waals surface area contributed by atoms with E-state index < -0.39 is 17.1 Å². The highest BCUT2D eigenvalue weighted by atomic mass is 16.2. The number of carbonyl (C=O) groups is 3. The predicted octanol–water partition coefficient (Wildman–Crippen LogP) is 2.00. The van der Waals surface area contributed by atoms with Crippen molar-refractivity contribution in [2.24, 2.45) is 23.0 Å². The van der Waals surface area contributed by atoms with E-state index in [4.69, 9.17) is 5.73 Å². The van der Waals surface area contributed by atoms with Gasteiger partial charge >= 0.3 is 6.03 Å². The molecule has 0 radical (unpaired) electrons. The lowest BCUT2D eigenvalue weighted by Crippen LogP contribution is -2.57. The first kappa shape index (κ1) is 21.7. The van der Waals surface area contributed by atoms with Gasteiger partial charge in [-0.2, -0.15) is 0 Å². The van der Waals surface area contributed by atoms with Crippen LogP contribution in [0.25, 0.3) is 0 Å². The van der Waals surface area contributed by atoms with Crippen LogP contribution in [0.5, 0.6) is 0 Å². The highest BCUT2D eigenvalue weighted by Crippen LogP contribution is 2.43. The zero-order chi connectivity index (χ0) is 20.6. The minimum absolute atomic E-state index is 0.133. The molecule has 1 aliphatic heterocycles.